The van der Waals surface area contributed by atoms with Crippen LogP contribution >= 0.6 is 11.6 Å². The highest BCUT2D eigenvalue weighted by molar-refractivity contribution is 7.89. The molecule has 0 radical (unpaired) electrons. The summed E-state index contributed by atoms with van der Waals surface area (Å²) in [7, 11) is 1.50. The summed E-state index contributed by atoms with van der Waals surface area (Å²) in [5, 5.41) is 0.578. The summed E-state index contributed by atoms with van der Waals surface area (Å²) in [4.78, 5) is 16.9. The van der Waals surface area contributed by atoms with E-state index in [1.165, 1.54) is 19.2 Å². The van der Waals surface area contributed by atoms with Gasteiger partial charge < -0.3 is 14.5 Å². The minimum absolute atomic E-state index is 0.0593. The maximum atomic E-state index is 13.1. The molecule has 0 spiro atoms. The Morgan fingerprint density at radius 3 is 2.58 bits per heavy atom. The molecule has 1 unspecified atom stereocenters. The molecule has 1 aliphatic rings. The van der Waals surface area contributed by atoms with Crippen molar-refractivity contribution in [1.29, 1.82) is 0 Å². The van der Waals surface area contributed by atoms with E-state index in [1.807, 2.05) is 14.1 Å². The molecule has 1 aliphatic heterocycles. The zero-order chi connectivity index (χ0) is 22.6. The fraction of sp³-hybridized carbons (Fsp3) is 0.409. The fourth-order valence-electron chi connectivity index (χ4n) is 3.62. The average molecular weight is 466 g/mol. The van der Waals surface area contributed by atoms with Crippen LogP contribution in [0.25, 0.3) is 0 Å². The number of likely N-dealkylation sites (N-methyl/N-ethyl adjacent to an activating group) is 1. The van der Waals surface area contributed by atoms with Crippen molar-refractivity contribution >= 4 is 27.5 Å². The molecule has 9 heteroatoms. The van der Waals surface area contributed by atoms with Crippen LogP contribution in [0.1, 0.15) is 28.8 Å². The first-order valence-electron chi connectivity index (χ1n) is 10.1. The largest absolute Gasteiger partial charge is 0.495 e. The van der Waals surface area contributed by atoms with Crippen molar-refractivity contribution < 1.29 is 17.9 Å². The molecule has 2 aromatic rings. The number of nitrogens with zero attached hydrogens (tertiary/aromatic N) is 2. The normalized spacial score (nSPS) is 17.1. The van der Waals surface area contributed by atoms with E-state index < -0.39 is 10.0 Å². The van der Waals surface area contributed by atoms with Crippen LogP contribution in [0.2, 0.25) is 5.02 Å². The number of carbonyl (C=O) groups excluding carboxylic acids is 1. The second-order valence-electron chi connectivity index (χ2n) is 7.83. The molecule has 0 aromatic heterocycles. The van der Waals surface area contributed by atoms with Crippen LogP contribution in [0.15, 0.2) is 47.4 Å². The number of nitrogens with one attached hydrogen (secondary N) is 1. The zero-order valence-corrected chi connectivity index (χ0v) is 19.5. The third-order valence-electron chi connectivity index (χ3n) is 5.49. The smallest absolute Gasteiger partial charge is 0.253 e. The zero-order valence-electron chi connectivity index (χ0n) is 18.0. The van der Waals surface area contributed by atoms with Gasteiger partial charge in [-0.1, -0.05) is 23.7 Å². The van der Waals surface area contributed by atoms with Crippen LogP contribution < -0.4 is 9.46 Å². The van der Waals surface area contributed by atoms with Gasteiger partial charge in [-0.3, -0.25) is 4.79 Å². The Morgan fingerprint density at radius 2 is 1.94 bits per heavy atom. The average Bonchev–Trinajstić information content (AvgIpc) is 2.78. The molecule has 0 aliphatic carbocycles. The van der Waals surface area contributed by atoms with E-state index in [4.69, 9.17) is 16.3 Å². The molecular weight excluding hydrogens is 438 g/mol. The molecule has 1 saturated heterocycles. The number of methoxy groups -OCH3 is 1. The van der Waals surface area contributed by atoms with Crippen LogP contribution in [-0.2, 0) is 16.6 Å². The number of carbonyl (C=O) groups is 1. The third-order valence-corrected chi connectivity index (χ3v) is 7.17. The number of hydrogen-bond donors (Lipinski definition) is 1. The number of likely N-dealkylation sites (tertiary alicyclic amines) is 1. The van der Waals surface area contributed by atoms with Crippen molar-refractivity contribution in [3.63, 3.8) is 0 Å². The Bertz CT molecular complexity index is 1030. The molecule has 31 heavy (non-hydrogen) atoms. The molecule has 2 aromatic carbocycles. The van der Waals surface area contributed by atoms with E-state index >= 15 is 0 Å². The molecule has 1 heterocycles. The maximum absolute atomic E-state index is 13.1. The van der Waals surface area contributed by atoms with Crippen molar-refractivity contribution in [2.75, 3.05) is 34.3 Å². The van der Waals surface area contributed by atoms with Gasteiger partial charge in [-0.15, -0.1) is 0 Å². The van der Waals surface area contributed by atoms with Gasteiger partial charge in [0.2, 0.25) is 10.0 Å². The fourth-order valence-corrected chi connectivity index (χ4v) is 4.96. The summed E-state index contributed by atoms with van der Waals surface area (Å²) in [6, 6.07) is 11.7. The maximum Gasteiger partial charge on any atom is 0.253 e. The molecule has 7 nitrogen and oxygen atoms in total. The van der Waals surface area contributed by atoms with Gasteiger partial charge >= 0.3 is 0 Å². The van der Waals surface area contributed by atoms with Gasteiger partial charge in [0.05, 0.1) is 7.11 Å². The number of ether oxygens (including phenoxy) is 1. The van der Waals surface area contributed by atoms with Gasteiger partial charge in [-0.25, -0.2) is 13.1 Å². The first-order valence-corrected chi connectivity index (χ1v) is 11.9. The Balaban J connectivity index is 1.82. The lowest BCUT2D eigenvalue weighted by Crippen LogP contribution is -2.47. The van der Waals surface area contributed by atoms with Crippen LogP contribution in [0, 0.1) is 0 Å². The van der Waals surface area contributed by atoms with Gasteiger partial charge in [-0.05, 0) is 62.8 Å². The molecule has 0 saturated carbocycles. The van der Waals surface area contributed by atoms with E-state index in [9.17, 15) is 13.2 Å². The number of piperidine rings is 1. The summed E-state index contributed by atoms with van der Waals surface area (Å²) in [5.41, 5.74) is 1.09. The lowest BCUT2D eigenvalue weighted by atomic mass is 10.0. The number of hydrogen-bond acceptors (Lipinski definition) is 5. The standard InChI is InChI=1S/C22H28ClN3O4S/c1-25(2)19-5-4-12-26(15-19)22(27)17-8-11-20(30-3)21(13-17)31(28,29)24-14-16-6-9-18(23)10-7-16/h6-11,13,19,24H,4-5,12,14-15H2,1-3H3. The highest BCUT2D eigenvalue weighted by Gasteiger charge is 2.27. The molecule has 1 atom stereocenters. The molecule has 1 N–H and O–H groups in total. The first kappa shape index (κ1) is 23.5. The first-order chi connectivity index (χ1) is 14.7. The minimum Gasteiger partial charge on any atom is -0.495 e. The number of benzene rings is 2. The van der Waals surface area contributed by atoms with Crippen LogP contribution in [-0.4, -0.2) is 64.5 Å². The van der Waals surface area contributed by atoms with Crippen molar-refractivity contribution in [3.8, 4) is 5.75 Å². The van der Waals surface area contributed by atoms with Gasteiger partial charge in [0.25, 0.3) is 5.91 Å². The van der Waals surface area contributed by atoms with E-state index in [1.54, 1.807) is 35.2 Å². The lowest BCUT2D eigenvalue weighted by Gasteiger charge is -2.36. The molecule has 1 fully saturated rings. The van der Waals surface area contributed by atoms with Gasteiger partial charge in [-0.2, -0.15) is 0 Å². The van der Waals surface area contributed by atoms with Gasteiger partial charge in [0.1, 0.15) is 10.6 Å². The number of rotatable bonds is 7. The SMILES string of the molecule is COc1ccc(C(=O)N2CCCC(N(C)C)C2)cc1S(=O)(=O)NCc1ccc(Cl)cc1. The van der Waals surface area contributed by atoms with E-state index in [-0.39, 0.29) is 23.1 Å². The van der Waals surface area contributed by atoms with Crippen LogP contribution in [0.5, 0.6) is 5.75 Å². The van der Waals surface area contributed by atoms with Crippen LogP contribution in [0.3, 0.4) is 0 Å². The number of amides is 1. The van der Waals surface area contributed by atoms with Gasteiger partial charge in [0, 0.05) is 36.3 Å². The number of halogens is 1. The molecule has 1 amide bonds. The summed E-state index contributed by atoms with van der Waals surface area (Å²) >= 11 is 5.88. The molecule has 168 valence electrons. The topological polar surface area (TPSA) is 79.0 Å². The highest BCUT2D eigenvalue weighted by Crippen LogP contribution is 2.26. The van der Waals surface area contributed by atoms with Crippen molar-refractivity contribution in [2.24, 2.45) is 0 Å². The summed E-state index contributed by atoms with van der Waals surface area (Å²) in [5.74, 6) is 0.00771. The molecule has 0 bridgehead atoms. The monoisotopic (exact) mass is 465 g/mol. The van der Waals surface area contributed by atoms with E-state index in [2.05, 4.69) is 9.62 Å². The van der Waals surface area contributed by atoms with Crippen molar-refractivity contribution in [3.05, 3.63) is 58.6 Å². The predicted molar refractivity (Wildman–Crippen MR) is 121 cm³/mol. The van der Waals surface area contributed by atoms with Gasteiger partial charge in [0.15, 0.2) is 0 Å². The number of sulfonamides is 1. The molecule has 3 rings (SSSR count). The Morgan fingerprint density at radius 1 is 1.23 bits per heavy atom. The minimum atomic E-state index is -3.91. The summed E-state index contributed by atoms with van der Waals surface area (Å²) in [6.07, 6.45) is 1.95. The highest BCUT2D eigenvalue weighted by atomic mass is 35.5. The van der Waals surface area contributed by atoms with Crippen molar-refractivity contribution in [1.82, 2.24) is 14.5 Å². The van der Waals surface area contributed by atoms with Crippen molar-refractivity contribution in [2.45, 2.75) is 30.3 Å². The summed E-state index contributed by atoms with van der Waals surface area (Å²) in [6.45, 7) is 1.37. The Labute approximate surface area is 189 Å². The third kappa shape index (κ3) is 5.77. The quantitative estimate of drug-likeness (QED) is 0.680. The second kappa shape index (κ2) is 9.99. The molecular formula is C22H28ClN3O4S. The predicted octanol–water partition coefficient (Wildman–Crippen LogP) is 2.99. The summed E-state index contributed by atoms with van der Waals surface area (Å²) < 4.78 is 33.8. The second-order valence-corrected chi connectivity index (χ2v) is 10.00. The van der Waals surface area contributed by atoms with Crippen LogP contribution in [0.4, 0.5) is 0 Å². The van der Waals surface area contributed by atoms with E-state index in [0.29, 0.717) is 29.7 Å². The lowest BCUT2D eigenvalue weighted by molar-refractivity contribution is 0.0635. The Hall–Kier alpha value is -2.13. The Kier molecular flexibility index (Phi) is 7.59. The van der Waals surface area contributed by atoms with E-state index in [0.717, 1.165) is 18.4 Å².